The summed E-state index contributed by atoms with van der Waals surface area (Å²) in [4.78, 5) is 11.4. The number of aliphatic hydroxyl groups is 1. The van der Waals surface area contributed by atoms with Gasteiger partial charge in [0.25, 0.3) is 0 Å². The Morgan fingerprint density at radius 1 is 1.32 bits per heavy atom. The molecule has 5 heteroatoms. The third kappa shape index (κ3) is 7.56. The maximum absolute atomic E-state index is 11.4. The van der Waals surface area contributed by atoms with Gasteiger partial charge in [0.15, 0.2) is 6.29 Å². The molecule has 0 spiro atoms. The molecule has 1 aliphatic rings. The quantitative estimate of drug-likeness (QED) is 0.572. The maximum atomic E-state index is 11.4. The molecule has 130 valence electrons. The van der Waals surface area contributed by atoms with Gasteiger partial charge in [0.2, 0.25) is 0 Å². The Bertz CT molecular complexity index is 301. The molecule has 1 aliphatic heterocycles. The molecule has 22 heavy (non-hydrogen) atoms. The zero-order valence-corrected chi connectivity index (χ0v) is 14.0. The van der Waals surface area contributed by atoms with E-state index in [1.807, 2.05) is 6.92 Å². The third-order valence-corrected chi connectivity index (χ3v) is 4.25. The van der Waals surface area contributed by atoms with Gasteiger partial charge in [-0.2, -0.15) is 0 Å². The summed E-state index contributed by atoms with van der Waals surface area (Å²) in [6.07, 6.45) is 6.74. The van der Waals surface area contributed by atoms with Crippen LogP contribution in [0.5, 0.6) is 0 Å². The SMILES string of the molecule is CCCCCC[C@@H](C(=O)O)C(O)CC(C)OC1CCCCO1. The molecule has 1 rings (SSSR count). The smallest absolute Gasteiger partial charge is 0.309 e. The van der Waals surface area contributed by atoms with E-state index in [4.69, 9.17) is 9.47 Å². The van der Waals surface area contributed by atoms with Crippen LogP contribution in [0.4, 0.5) is 0 Å². The standard InChI is InChI=1S/C17H32O5/c1-3-4-5-6-9-14(17(19)20)15(18)12-13(2)22-16-10-7-8-11-21-16/h13-16,18H,3-12H2,1-2H3,(H,19,20)/t13?,14-,15?,16?/m1/s1. The lowest BCUT2D eigenvalue weighted by Gasteiger charge is -2.28. The van der Waals surface area contributed by atoms with E-state index in [9.17, 15) is 15.0 Å². The number of hydrogen-bond donors (Lipinski definition) is 2. The Balaban J connectivity index is 2.33. The molecule has 0 aromatic carbocycles. The van der Waals surface area contributed by atoms with Gasteiger partial charge < -0.3 is 19.7 Å². The van der Waals surface area contributed by atoms with Crippen LogP contribution in [-0.4, -0.2) is 41.3 Å². The number of aliphatic carboxylic acids is 1. The van der Waals surface area contributed by atoms with Crippen LogP contribution < -0.4 is 0 Å². The van der Waals surface area contributed by atoms with Crippen LogP contribution in [0.3, 0.4) is 0 Å². The van der Waals surface area contributed by atoms with Gasteiger partial charge >= 0.3 is 5.97 Å². The molecule has 1 saturated heterocycles. The molecular weight excluding hydrogens is 284 g/mol. The predicted octanol–water partition coefficient (Wildman–Crippen LogP) is 3.34. The first-order chi connectivity index (χ1) is 10.5. The van der Waals surface area contributed by atoms with Gasteiger partial charge in [-0.05, 0) is 32.6 Å². The van der Waals surface area contributed by atoms with Crippen LogP contribution >= 0.6 is 0 Å². The van der Waals surface area contributed by atoms with Crippen molar-refractivity contribution in [2.75, 3.05) is 6.61 Å². The van der Waals surface area contributed by atoms with Gasteiger partial charge in [-0.25, -0.2) is 0 Å². The number of ether oxygens (including phenoxy) is 2. The summed E-state index contributed by atoms with van der Waals surface area (Å²) < 4.78 is 11.3. The molecule has 0 aromatic rings. The normalized spacial score (nSPS) is 23.0. The van der Waals surface area contributed by atoms with Crippen molar-refractivity contribution in [3.05, 3.63) is 0 Å². The summed E-state index contributed by atoms with van der Waals surface area (Å²) in [6, 6.07) is 0. The minimum Gasteiger partial charge on any atom is -0.481 e. The summed E-state index contributed by atoms with van der Waals surface area (Å²) in [5.41, 5.74) is 0. The van der Waals surface area contributed by atoms with Gasteiger partial charge in [-0.3, -0.25) is 4.79 Å². The lowest BCUT2D eigenvalue weighted by molar-refractivity contribution is -0.190. The van der Waals surface area contributed by atoms with Crippen molar-refractivity contribution < 1.29 is 24.5 Å². The average Bonchev–Trinajstić information content (AvgIpc) is 2.47. The highest BCUT2D eigenvalue weighted by atomic mass is 16.7. The van der Waals surface area contributed by atoms with Crippen molar-refractivity contribution in [1.82, 2.24) is 0 Å². The van der Waals surface area contributed by atoms with Crippen LogP contribution in [0.2, 0.25) is 0 Å². The summed E-state index contributed by atoms with van der Waals surface area (Å²) in [5, 5.41) is 19.5. The predicted molar refractivity (Wildman–Crippen MR) is 84.6 cm³/mol. The number of rotatable bonds is 11. The maximum Gasteiger partial charge on any atom is 0.309 e. The topological polar surface area (TPSA) is 76.0 Å². The molecule has 0 amide bonds. The van der Waals surface area contributed by atoms with Crippen molar-refractivity contribution in [3.8, 4) is 0 Å². The first-order valence-electron chi connectivity index (χ1n) is 8.72. The molecular formula is C17H32O5. The molecule has 4 atom stereocenters. The summed E-state index contributed by atoms with van der Waals surface area (Å²) >= 11 is 0. The van der Waals surface area contributed by atoms with E-state index < -0.39 is 18.0 Å². The number of carboxylic acids is 1. The summed E-state index contributed by atoms with van der Waals surface area (Å²) in [7, 11) is 0. The van der Waals surface area contributed by atoms with Crippen LogP contribution in [0.15, 0.2) is 0 Å². The molecule has 0 aromatic heterocycles. The van der Waals surface area contributed by atoms with Crippen LogP contribution in [0.25, 0.3) is 0 Å². The lowest BCUT2D eigenvalue weighted by Crippen LogP contribution is -2.34. The Hall–Kier alpha value is -0.650. The van der Waals surface area contributed by atoms with Crippen LogP contribution in [0, 0.1) is 5.92 Å². The van der Waals surface area contributed by atoms with Crippen molar-refractivity contribution in [1.29, 1.82) is 0 Å². The molecule has 5 nitrogen and oxygen atoms in total. The largest absolute Gasteiger partial charge is 0.481 e. The Kier molecular flexibility index (Phi) is 9.68. The van der Waals surface area contributed by atoms with Crippen LogP contribution in [-0.2, 0) is 14.3 Å². The summed E-state index contributed by atoms with van der Waals surface area (Å²) in [6.45, 7) is 4.71. The Morgan fingerprint density at radius 2 is 2.09 bits per heavy atom. The molecule has 0 saturated carbocycles. The number of carbonyl (C=O) groups is 1. The third-order valence-electron chi connectivity index (χ3n) is 4.25. The molecule has 2 N–H and O–H groups in total. The Morgan fingerprint density at radius 3 is 2.68 bits per heavy atom. The van der Waals surface area contributed by atoms with Gasteiger partial charge in [0, 0.05) is 13.0 Å². The van der Waals surface area contributed by atoms with E-state index in [0.717, 1.165) is 51.6 Å². The molecule has 3 unspecified atom stereocenters. The second kappa shape index (κ2) is 11.0. The van der Waals surface area contributed by atoms with E-state index in [1.54, 1.807) is 0 Å². The van der Waals surface area contributed by atoms with Crippen molar-refractivity contribution in [3.63, 3.8) is 0 Å². The van der Waals surface area contributed by atoms with E-state index >= 15 is 0 Å². The molecule has 1 fully saturated rings. The fourth-order valence-corrected chi connectivity index (χ4v) is 2.91. The second-order valence-corrected chi connectivity index (χ2v) is 6.34. The van der Waals surface area contributed by atoms with Gasteiger partial charge in [-0.1, -0.05) is 32.6 Å². The number of unbranched alkanes of at least 4 members (excludes halogenated alkanes) is 3. The lowest BCUT2D eigenvalue weighted by atomic mass is 9.92. The van der Waals surface area contributed by atoms with E-state index in [1.165, 1.54) is 0 Å². The molecule has 0 bridgehead atoms. The zero-order valence-electron chi connectivity index (χ0n) is 14.0. The highest BCUT2D eigenvalue weighted by Gasteiger charge is 2.28. The van der Waals surface area contributed by atoms with E-state index in [2.05, 4.69) is 6.92 Å². The number of hydrogen-bond acceptors (Lipinski definition) is 4. The van der Waals surface area contributed by atoms with Gasteiger partial charge in [-0.15, -0.1) is 0 Å². The van der Waals surface area contributed by atoms with Gasteiger partial charge in [0.1, 0.15) is 0 Å². The van der Waals surface area contributed by atoms with Crippen molar-refractivity contribution in [2.45, 2.75) is 90.1 Å². The van der Waals surface area contributed by atoms with E-state index in [0.29, 0.717) is 12.8 Å². The van der Waals surface area contributed by atoms with Crippen LogP contribution in [0.1, 0.15) is 71.6 Å². The monoisotopic (exact) mass is 316 g/mol. The van der Waals surface area contributed by atoms with E-state index in [-0.39, 0.29) is 12.4 Å². The number of carboxylic acid groups (broad SMARTS) is 1. The molecule has 0 aliphatic carbocycles. The van der Waals surface area contributed by atoms with Crippen molar-refractivity contribution in [2.24, 2.45) is 5.92 Å². The first kappa shape index (κ1) is 19.4. The van der Waals surface area contributed by atoms with Crippen molar-refractivity contribution >= 4 is 5.97 Å². The minimum absolute atomic E-state index is 0.199. The highest BCUT2D eigenvalue weighted by molar-refractivity contribution is 5.70. The first-order valence-corrected chi connectivity index (χ1v) is 8.72. The second-order valence-electron chi connectivity index (χ2n) is 6.34. The number of aliphatic hydroxyl groups excluding tert-OH is 1. The fraction of sp³-hybridized carbons (Fsp3) is 0.941. The summed E-state index contributed by atoms with van der Waals surface area (Å²) in [5.74, 6) is -1.61. The Labute approximate surface area is 134 Å². The van der Waals surface area contributed by atoms with Gasteiger partial charge in [0.05, 0.1) is 18.1 Å². The fourth-order valence-electron chi connectivity index (χ4n) is 2.91. The molecule has 0 radical (unpaired) electrons. The molecule has 1 heterocycles. The highest BCUT2D eigenvalue weighted by Crippen LogP contribution is 2.22. The zero-order chi connectivity index (χ0) is 16.4. The minimum atomic E-state index is -0.912. The average molecular weight is 316 g/mol.